The summed E-state index contributed by atoms with van der Waals surface area (Å²) in [4.78, 5) is 19.6. The van der Waals surface area contributed by atoms with E-state index >= 15 is 0 Å². The SMILES string of the molecule is CCC1c2cccn2CCN1C1=NC(=O)C(=Cc2ccc(OCc3ccc(C(F)(F)F)cc3C(F)(F)F)c(OC)c2)S1. The Morgan fingerprint density at radius 3 is 2.50 bits per heavy atom. The Hall–Kier alpha value is -3.87. The Bertz CT molecular complexity index is 1560. The van der Waals surface area contributed by atoms with Gasteiger partial charge in [0, 0.05) is 30.5 Å². The number of amides is 1. The lowest BCUT2D eigenvalue weighted by Crippen LogP contribution is -2.40. The van der Waals surface area contributed by atoms with Crippen LogP contribution in [0.2, 0.25) is 0 Å². The lowest BCUT2D eigenvalue weighted by atomic mass is 10.0. The first-order valence-corrected chi connectivity index (χ1v) is 13.7. The third kappa shape index (κ3) is 6.01. The van der Waals surface area contributed by atoms with Crippen LogP contribution in [0.25, 0.3) is 6.08 Å². The van der Waals surface area contributed by atoms with E-state index in [0.717, 1.165) is 24.7 Å². The molecule has 13 heteroatoms. The van der Waals surface area contributed by atoms with Crippen molar-refractivity contribution in [1.29, 1.82) is 0 Å². The van der Waals surface area contributed by atoms with Gasteiger partial charge in [-0.15, -0.1) is 0 Å². The fourth-order valence-electron chi connectivity index (χ4n) is 4.99. The molecule has 1 amide bonds. The Morgan fingerprint density at radius 1 is 1.02 bits per heavy atom. The van der Waals surface area contributed by atoms with E-state index in [1.54, 1.807) is 18.2 Å². The predicted molar refractivity (Wildman–Crippen MR) is 146 cm³/mol. The molecule has 3 heterocycles. The van der Waals surface area contributed by atoms with Gasteiger partial charge < -0.3 is 18.9 Å². The molecule has 0 aliphatic carbocycles. The van der Waals surface area contributed by atoms with Crippen LogP contribution in [0.5, 0.6) is 11.5 Å². The van der Waals surface area contributed by atoms with Gasteiger partial charge in [0.1, 0.15) is 6.61 Å². The van der Waals surface area contributed by atoms with E-state index < -0.39 is 35.6 Å². The van der Waals surface area contributed by atoms with Crippen LogP contribution in [-0.4, -0.2) is 34.2 Å². The molecule has 0 fully saturated rings. The third-order valence-corrected chi connectivity index (χ3v) is 8.04. The molecular weight excluding hydrogens is 584 g/mol. The van der Waals surface area contributed by atoms with Crippen molar-refractivity contribution in [2.45, 2.75) is 44.9 Å². The van der Waals surface area contributed by atoms with Gasteiger partial charge in [0.05, 0.1) is 29.2 Å². The van der Waals surface area contributed by atoms with Crippen molar-refractivity contribution in [3.05, 3.63) is 87.6 Å². The Balaban J connectivity index is 1.32. The molecule has 3 aromatic rings. The predicted octanol–water partition coefficient (Wildman–Crippen LogP) is 7.55. The number of carbonyl (C=O) groups excluding carboxylic acids is 1. The quantitative estimate of drug-likeness (QED) is 0.213. The van der Waals surface area contributed by atoms with Crippen molar-refractivity contribution >= 4 is 28.9 Å². The van der Waals surface area contributed by atoms with Gasteiger partial charge in [0.2, 0.25) is 0 Å². The van der Waals surface area contributed by atoms with Gasteiger partial charge in [0.15, 0.2) is 16.7 Å². The number of methoxy groups -OCH3 is 1. The normalized spacial score (nSPS) is 18.3. The molecule has 222 valence electrons. The average molecular weight is 610 g/mol. The summed E-state index contributed by atoms with van der Waals surface area (Å²) < 4.78 is 92.5. The number of hydrogen-bond donors (Lipinski definition) is 0. The molecular formula is C29H25F6N3O3S. The van der Waals surface area contributed by atoms with E-state index in [1.165, 1.54) is 24.9 Å². The second-order valence-corrected chi connectivity index (χ2v) is 10.6. The average Bonchev–Trinajstić information content (AvgIpc) is 3.57. The summed E-state index contributed by atoms with van der Waals surface area (Å²) >= 11 is 1.27. The standard InChI is InChI=1S/C29H25F6N3O3S/c1-3-21-22-5-4-10-37(22)11-12-38(21)27-36-26(39)25(42-27)14-17-6-9-23(24(13-17)40-2)41-16-18-7-8-19(28(30,31)32)15-20(18)29(33,34)35/h4-10,13-15,21H,3,11-12,16H2,1-2H3. The van der Waals surface area contributed by atoms with Crippen LogP contribution in [0.3, 0.4) is 0 Å². The molecule has 1 atom stereocenters. The summed E-state index contributed by atoms with van der Waals surface area (Å²) in [5.74, 6) is -0.131. The van der Waals surface area contributed by atoms with Gasteiger partial charge in [-0.3, -0.25) is 4.79 Å². The van der Waals surface area contributed by atoms with Crippen LogP contribution in [0.4, 0.5) is 26.3 Å². The monoisotopic (exact) mass is 609 g/mol. The molecule has 42 heavy (non-hydrogen) atoms. The van der Waals surface area contributed by atoms with Crippen molar-refractivity contribution in [1.82, 2.24) is 9.47 Å². The zero-order valence-corrected chi connectivity index (χ0v) is 23.2. The number of fused-ring (bicyclic) bond motifs is 1. The molecule has 2 aliphatic heterocycles. The maximum Gasteiger partial charge on any atom is 0.416 e. The van der Waals surface area contributed by atoms with Crippen LogP contribution in [0, 0.1) is 0 Å². The first kappa shape index (κ1) is 29.6. The number of alkyl halides is 6. The zero-order chi connectivity index (χ0) is 30.2. The van der Waals surface area contributed by atoms with Crippen molar-refractivity contribution in [2.24, 2.45) is 4.99 Å². The minimum Gasteiger partial charge on any atom is -0.493 e. The van der Waals surface area contributed by atoms with E-state index in [-0.39, 0.29) is 29.5 Å². The Labute approximate surface area is 241 Å². The third-order valence-electron chi connectivity index (χ3n) is 7.02. The number of benzene rings is 2. The summed E-state index contributed by atoms with van der Waals surface area (Å²) in [7, 11) is 1.34. The van der Waals surface area contributed by atoms with Crippen molar-refractivity contribution in [3.63, 3.8) is 0 Å². The van der Waals surface area contributed by atoms with E-state index in [2.05, 4.69) is 27.4 Å². The smallest absolute Gasteiger partial charge is 0.416 e. The van der Waals surface area contributed by atoms with Crippen LogP contribution < -0.4 is 9.47 Å². The number of aliphatic imine (C=N–C) groups is 1. The summed E-state index contributed by atoms with van der Waals surface area (Å²) in [6.45, 7) is 2.92. The molecule has 2 aliphatic rings. The summed E-state index contributed by atoms with van der Waals surface area (Å²) in [5, 5.41) is 0.620. The summed E-state index contributed by atoms with van der Waals surface area (Å²) in [6, 6.07) is 10.2. The molecule has 1 aromatic heterocycles. The first-order chi connectivity index (χ1) is 19.9. The van der Waals surface area contributed by atoms with Crippen molar-refractivity contribution in [3.8, 4) is 11.5 Å². The molecule has 2 aromatic carbocycles. The minimum absolute atomic E-state index is 0.0715. The van der Waals surface area contributed by atoms with Crippen LogP contribution in [0.15, 0.2) is 64.6 Å². The highest BCUT2D eigenvalue weighted by Gasteiger charge is 2.38. The topological polar surface area (TPSA) is 56.1 Å². The molecule has 1 unspecified atom stereocenters. The van der Waals surface area contributed by atoms with Gasteiger partial charge in [-0.1, -0.05) is 19.1 Å². The van der Waals surface area contributed by atoms with Crippen LogP contribution in [-0.2, 0) is 30.3 Å². The fraction of sp³-hybridized carbons (Fsp3) is 0.310. The maximum atomic E-state index is 13.5. The molecule has 0 N–H and O–H groups in total. The van der Waals surface area contributed by atoms with E-state index in [0.29, 0.717) is 28.2 Å². The first-order valence-electron chi connectivity index (χ1n) is 12.9. The lowest BCUT2D eigenvalue weighted by molar-refractivity contribution is -0.143. The van der Waals surface area contributed by atoms with Gasteiger partial charge in [-0.05, 0) is 66.2 Å². The molecule has 5 rings (SSSR count). The minimum atomic E-state index is -5.01. The molecule has 0 radical (unpaired) electrons. The highest BCUT2D eigenvalue weighted by Crippen LogP contribution is 2.40. The van der Waals surface area contributed by atoms with Gasteiger partial charge >= 0.3 is 12.4 Å². The second-order valence-electron chi connectivity index (χ2n) is 9.62. The van der Waals surface area contributed by atoms with Crippen molar-refractivity contribution < 1.29 is 40.6 Å². The van der Waals surface area contributed by atoms with E-state index in [4.69, 9.17) is 9.47 Å². The number of halogens is 6. The number of amidine groups is 1. The Kier molecular flexibility index (Phi) is 8.06. The van der Waals surface area contributed by atoms with Crippen LogP contribution >= 0.6 is 11.8 Å². The molecule has 0 saturated heterocycles. The van der Waals surface area contributed by atoms with Crippen molar-refractivity contribution in [2.75, 3.05) is 13.7 Å². The fourth-order valence-corrected chi connectivity index (χ4v) is 5.98. The Morgan fingerprint density at radius 2 is 1.81 bits per heavy atom. The highest BCUT2D eigenvalue weighted by atomic mass is 32.2. The number of rotatable bonds is 6. The molecule has 6 nitrogen and oxygen atoms in total. The number of ether oxygens (including phenoxy) is 2. The number of aromatic nitrogens is 1. The number of hydrogen-bond acceptors (Lipinski definition) is 5. The summed E-state index contributed by atoms with van der Waals surface area (Å²) in [5.41, 5.74) is -1.57. The molecule has 0 saturated carbocycles. The largest absolute Gasteiger partial charge is 0.493 e. The highest BCUT2D eigenvalue weighted by molar-refractivity contribution is 8.18. The number of carbonyl (C=O) groups is 1. The van der Waals surface area contributed by atoms with Gasteiger partial charge in [-0.25, -0.2) is 0 Å². The van der Waals surface area contributed by atoms with Gasteiger partial charge in [-0.2, -0.15) is 31.3 Å². The van der Waals surface area contributed by atoms with E-state index in [1.807, 2.05) is 12.3 Å². The number of thioether (sulfide) groups is 1. The summed E-state index contributed by atoms with van der Waals surface area (Å²) in [6.07, 6.45) is -5.42. The van der Waals surface area contributed by atoms with Crippen LogP contribution in [0.1, 0.15) is 47.3 Å². The zero-order valence-electron chi connectivity index (χ0n) is 22.4. The molecule has 0 bridgehead atoms. The van der Waals surface area contributed by atoms with Gasteiger partial charge in [0.25, 0.3) is 5.91 Å². The molecule has 0 spiro atoms. The van der Waals surface area contributed by atoms with E-state index in [9.17, 15) is 31.1 Å². The maximum absolute atomic E-state index is 13.5. The lowest BCUT2D eigenvalue weighted by Gasteiger charge is -2.37. The number of nitrogens with zero attached hydrogens (tertiary/aromatic N) is 3. The second kappa shape index (κ2) is 11.4.